The molecule has 356 valence electrons. The molecule has 0 aliphatic carbocycles. The molecule has 0 unspecified atom stereocenters. The predicted molar refractivity (Wildman–Crippen MR) is 275 cm³/mol. The molecule has 1 aliphatic heterocycles. The standard InChI is InChI=1S/C51H82N2.2C4H9.Ni/c1-5-9-12-13-14-15-16-17-18-19-20-21-22-23-24-25-26-27-28-29-30-31-32-41-49-48(8-4)50(46-39-33-37-44(42-46)35-10-6-2)53(52)51(49)47-40-34-38-45(43-47)36-11-7-3;2*1-3-4-2;/h33-34,37-40,42-43H,5-32,35-36,41H2,1-4H3;2*1,3-4H2,2H3;/q;2*-1;+2. The smallest absolute Gasteiger partial charge is 0.493 e. The third-order valence-corrected chi connectivity index (χ3v) is 12.5. The first kappa shape index (κ1) is 60.0. The first-order chi connectivity index (χ1) is 30.0. The first-order valence-electron chi connectivity index (χ1n) is 26.7. The Kier molecular flexibility index (Phi) is 41.6. The Morgan fingerprint density at radius 1 is 0.387 bits per heavy atom. The van der Waals surface area contributed by atoms with Crippen molar-refractivity contribution in [2.24, 2.45) is 0 Å². The second-order valence-electron chi connectivity index (χ2n) is 18.2. The van der Waals surface area contributed by atoms with Crippen molar-refractivity contribution >= 4 is 11.4 Å². The summed E-state index contributed by atoms with van der Waals surface area (Å²) in [5.41, 5.74) is 21.7. The maximum atomic E-state index is 12.0. The van der Waals surface area contributed by atoms with Crippen LogP contribution in [0.4, 0.5) is 0 Å². The van der Waals surface area contributed by atoms with Gasteiger partial charge in [0.1, 0.15) is 0 Å². The van der Waals surface area contributed by atoms with E-state index in [1.54, 1.807) is 4.70 Å². The van der Waals surface area contributed by atoms with Crippen LogP contribution in [0.3, 0.4) is 0 Å². The van der Waals surface area contributed by atoms with Crippen LogP contribution in [0.2, 0.25) is 0 Å². The van der Waals surface area contributed by atoms with Crippen molar-refractivity contribution in [2.75, 3.05) is 0 Å². The number of rotatable bonds is 35. The van der Waals surface area contributed by atoms with Crippen LogP contribution in [0, 0.1) is 13.8 Å². The molecule has 2 nitrogen and oxygen atoms in total. The van der Waals surface area contributed by atoms with E-state index >= 15 is 0 Å². The summed E-state index contributed by atoms with van der Waals surface area (Å²) in [6.45, 7) is 20.5. The number of hydrogen-bond acceptors (Lipinski definition) is 0. The van der Waals surface area contributed by atoms with Gasteiger partial charge in [-0.2, -0.15) is 12.8 Å². The van der Waals surface area contributed by atoms with Crippen molar-refractivity contribution in [2.45, 2.75) is 266 Å². The molecule has 0 aromatic heterocycles. The van der Waals surface area contributed by atoms with Gasteiger partial charge < -0.3 is 19.4 Å². The van der Waals surface area contributed by atoms with E-state index in [2.05, 4.69) is 104 Å². The van der Waals surface area contributed by atoms with E-state index in [0.29, 0.717) is 0 Å². The minimum Gasteiger partial charge on any atom is -0.493 e. The summed E-state index contributed by atoms with van der Waals surface area (Å²) in [5, 5.41) is 0. The maximum absolute atomic E-state index is 12.0. The van der Waals surface area contributed by atoms with Gasteiger partial charge in [0.25, 0.3) is 0 Å². The minimum atomic E-state index is 0. The van der Waals surface area contributed by atoms with Gasteiger partial charge in [-0.25, -0.2) is 4.70 Å². The van der Waals surface area contributed by atoms with Crippen LogP contribution < -0.4 is 0 Å². The summed E-state index contributed by atoms with van der Waals surface area (Å²) < 4.78 is 1.56. The summed E-state index contributed by atoms with van der Waals surface area (Å²) in [5.74, 6) is 0. The average Bonchev–Trinajstić information content (AvgIpc) is 3.58. The zero-order valence-electron chi connectivity index (χ0n) is 42.0. The molecule has 0 saturated heterocycles. The van der Waals surface area contributed by atoms with Gasteiger partial charge in [-0.3, -0.25) is 0 Å². The van der Waals surface area contributed by atoms with Crippen molar-refractivity contribution in [3.63, 3.8) is 0 Å². The van der Waals surface area contributed by atoms with Gasteiger partial charge in [0.05, 0.1) is 0 Å². The number of unbranched alkanes of at least 4 members (excludes halogenated alkanes) is 26. The normalized spacial score (nSPS) is 12.3. The molecular weight excluding hydrogens is 795 g/mol. The minimum absolute atomic E-state index is 0. The molecule has 0 bridgehead atoms. The van der Waals surface area contributed by atoms with Crippen LogP contribution in [-0.4, -0.2) is 4.70 Å². The Morgan fingerprint density at radius 2 is 0.694 bits per heavy atom. The summed E-state index contributed by atoms with van der Waals surface area (Å²) in [7, 11) is 0. The molecule has 2 aromatic carbocycles. The summed E-state index contributed by atoms with van der Waals surface area (Å²) >= 11 is 0. The monoisotopic (exact) mass is 895 g/mol. The SMILES string of the molecule is CCCCCCCCCCCCCCCCCCCCCCCCCC1=C(c2cccc(CCCC)c2)[N+](=[N-])C(c2cccc(CCCC)c2)=C1CC.[CH2-]CCC.[CH2-]CCC.[Ni+2]. The first-order valence-corrected chi connectivity index (χ1v) is 26.7. The fourth-order valence-electron chi connectivity index (χ4n) is 8.49. The average molecular weight is 896 g/mol. The molecule has 62 heavy (non-hydrogen) atoms. The number of nitrogens with zero attached hydrogens (tertiary/aromatic N) is 2. The largest absolute Gasteiger partial charge is 2.00 e. The van der Waals surface area contributed by atoms with Gasteiger partial charge in [0, 0.05) is 22.3 Å². The third-order valence-electron chi connectivity index (χ3n) is 12.5. The van der Waals surface area contributed by atoms with Crippen molar-refractivity contribution in [1.29, 1.82) is 0 Å². The van der Waals surface area contributed by atoms with Gasteiger partial charge in [-0.15, -0.1) is 0 Å². The number of aryl methyl sites for hydroxylation is 2. The van der Waals surface area contributed by atoms with Gasteiger partial charge in [-0.1, -0.05) is 233 Å². The van der Waals surface area contributed by atoms with E-state index < -0.39 is 0 Å². The van der Waals surface area contributed by atoms with Crippen molar-refractivity contribution < 1.29 is 21.2 Å². The molecule has 1 heterocycles. The Bertz CT molecular complexity index is 1390. The molecule has 3 heteroatoms. The second kappa shape index (κ2) is 42.9. The summed E-state index contributed by atoms with van der Waals surface area (Å²) in [6.07, 6.45) is 46.1. The third kappa shape index (κ3) is 27.4. The van der Waals surface area contributed by atoms with Gasteiger partial charge in [0.2, 0.25) is 11.4 Å². The molecule has 0 atom stereocenters. The zero-order valence-corrected chi connectivity index (χ0v) is 43.0. The predicted octanol–water partition coefficient (Wildman–Crippen LogP) is 20.6. The van der Waals surface area contributed by atoms with E-state index in [1.807, 2.05) is 0 Å². The molecule has 0 fully saturated rings. The fourth-order valence-corrected chi connectivity index (χ4v) is 8.49. The van der Waals surface area contributed by atoms with Crippen LogP contribution >= 0.6 is 0 Å². The Morgan fingerprint density at radius 3 is 1.00 bits per heavy atom. The molecule has 2 aromatic rings. The van der Waals surface area contributed by atoms with E-state index in [9.17, 15) is 5.53 Å². The Labute approximate surface area is 398 Å². The summed E-state index contributed by atoms with van der Waals surface area (Å²) in [4.78, 5) is 0. The van der Waals surface area contributed by atoms with E-state index in [1.165, 1.54) is 208 Å². The van der Waals surface area contributed by atoms with Crippen LogP contribution in [-0.2, 0) is 29.3 Å². The van der Waals surface area contributed by atoms with Gasteiger partial charge >= 0.3 is 16.5 Å². The topological polar surface area (TPSA) is 25.3 Å². The van der Waals surface area contributed by atoms with Crippen LogP contribution in [0.5, 0.6) is 0 Å². The molecule has 0 amide bonds. The van der Waals surface area contributed by atoms with Gasteiger partial charge in [0.15, 0.2) is 0 Å². The molecule has 3 rings (SSSR count). The number of benzene rings is 2. The number of hydrogen-bond donors (Lipinski definition) is 0. The van der Waals surface area contributed by atoms with E-state index in [0.717, 1.165) is 61.0 Å². The fraction of sp³-hybridized carbons (Fsp3) is 0.695. The second-order valence-corrected chi connectivity index (χ2v) is 18.2. The van der Waals surface area contributed by atoms with Crippen LogP contribution in [0.25, 0.3) is 16.9 Å². The van der Waals surface area contributed by atoms with Gasteiger partial charge in [-0.05, 0) is 80.3 Å². The van der Waals surface area contributed by atoms with Crippen molar-refractivity contribution in [3.8, 4) is 0 Å². The van der Waals surface area contributed by atoms with Crippen molar-refractivity contribution in [1.82, 2.24) is 0 Å². The zero-order chi connectivity index (χ0) is 44.6. The van der Waals surface area contributed by atoms with E-state index in [4.69, 9.17) is 0 Å². The molecule has 0 spiro atoms. The van der Waals surface area contributed by atoms with E-state index in [-0.39, 0.29) is 16.5 Å². The molecular formula is C59H100N2Ni. The Hall–Kier alpha value is -1.99. The molecule has 0 N–H and O–H groups in total. The maximum Gasteiger partial charge on any atom is 2.00 e. The Balaban J connectivity index is 0.00000379. The summed E-state index contributed by atoms with van der Waals surface area (Å²) in [6, 6.07) is 17.9. The van der Waals surface area contributed by atoms with Crippen LogP contribution in [0.15, 0.2) is 59.7 Å². The molecule has 1 aliphatic rings. The molecule has 0 saturated carbocycles. The number of allylic oxidation sites excluding steroid dienone is 2. The quantitative estimate of drug-likeness (QED) is 0.0285. The molecule has 0 radical (unpaired) electrons. The van der Waals surface area contributed by atoms with Crippen LogP contribution in [0.1, 0.15) is 276 Å². The van der Waals surface area contributed by atoms with Crippen molar-refractivity contribution in [3.05, 3.63) is 101 Å².